The van der Waals surface area contributed by atoms with Crippen molar-refractivity contribution in [2.24, 2.45) is 0 Å². The van der Waals surface area contributed by atoms with Gasteiger partial charge in [0.1, 0.15) is 11.6 Å². The molecule has 0 spiro atoms. The molecule has 3 rings (SSSR count). The van der Waals surface area contributed by atoms with Crippen molar-refractivity contribution in [2.45, 2.75) is 24.0 Å². The number of carbonyl (C=O) groups is 1. The van der Waals surface area contributed by atoms with Crippen LogP contribution in [0.5, 0.6) is 0 Å². The minimum atomic E-state index is -3.82. The lowest BCUT2D eigenvalue weighted by Crippen LogP contribution is -2.25. The first-order chi connectivity index (χ1) is 10.8. The summed E-state index contributed by atoms with van der Waals surface area (Å²) in [5.41, 5.74) is -0.242. The summed E-state index contributed by atoms with van der Waals surface area (Å²) in [6.07, 6.45) is 1.52. The molecule has 2 aromatic rings. The van der Waals surface area contributed by atoms with Gasteiger partial charge in [-0.15, -0.1) is 0 Å². The molecule has 1 saturated carbocycles. The molecule has 1 aliphatic carbocycles. The van der Waals surface area contributed by atoms with E-state index in [1.54, 1.807) is 0 Å². The molecule has 1 amide bonds. The molecule has 1 aromatic carbocycles. The first-order valence-electron chi connectivity index (χ1n) is 6.74. The van der Waals surface area contributed by atoms with Gasteiger partial charge in [0.15, 0.2) is 5.76 Å². The Kier molecular flexibility index (Phi) is 3.90. The second kappa shape index (κ2) is 5.74. The van der Waals surface area contributed by atoms with Gasteiger partial charge >= 0.3 is 0 Å². The van der Waals surface area contributed by atoms with E-state index in [4.69, 9.17) is 4.42 Å². The number of furan rings is 1. The van der Waals surface area contributed by atoms with Crippen LogP contribution in [0.1, 0.15) is 23.4 Å². The zero-order chi connectivity index (χ0) is 16.6. The Morgan fingerprint density at radius 2 is 1.91 bits per heavy atom. The van der Waals surface area contributed by atoms with E-state index < -0.39 is 32.7 Å². The Morgan fingerprint density at radius 1 is 1.17 bits per heavy atom. The molecule has 6 nitrogen and oxygen atoms in total. The molecular weight excluding hydrogens is 330 g/mol. The standard InChI is InChI=1S/C14H12F2N2O4S/c15-8-1-4-11(10(16)7-8)17-14(19)12-5-6-13(22-12)23(20,21)18-9-2-3-9/h1,4-7,9,18H,2-3H2,(H,17,19). The molecular formula is C14H12F2N2O4S. The van der Waals surface area contributed by atoms with Crippen LogP contribution in [-0.4, -0.2) is 20.4 Å². The topological polar surface area (TPSA) is 88.4 Å². The zero-order valence-corrected chi connectivity index (χ0v) is 12.5. The number of hydrogen-bond donors (Lipinski definition) is 2. The van der Waals surface area contributed by atoms with Crippen LogP contribution in [0.2, 0.25) is 0 Å². The second-order valence-electron chi connectivity index (χ2n) is 5.09. The lowest BCUT2D eigenvalue weighted by Gasteiger charge is -2.05. The zero-order valence-electron chi connectivity index (χ0n) is 11.7. The number of anilines is 1. The Hall–Kier alpha value is -2.26. The highest BCUT2D eigenvalue weighted by molar-refractivity contribution is 7.89. The summed E-state index contributed by atoms with van der Waals surface area (Å²) in [6.45, 7) is 0. The maximum absolute atomic E-state index is 13.5. The molecule has 0 bridgehead atoms. The first kappa shape index (κ1) is 15.6. The van der Waals surface area contributed by atoms with Crippen LogP contribution >= 0.6 is 0 Å². The van der Waals surface area contributed by atoms with Crippen LogP contribution in [0.25, 0.3) is 0 Å². The lowest BCUT2D eigenvalue weighted by atomic mass is 10.3. The van der Waals surface area contributed by atoms with Gasteiger partial charge in [0.2, 0.25) is 5.09 Å². The first-order valence-corrected chi connectivity index (χ1v) is 8.22. The van der Waals surface area contributed by atoms with Crippen molar-refractivity contribution >= 4 is 21.6 Å². The SMILES string of the molecule is O=C(Nc1ccc(F)cc1F)c1ccc(S(=O)(=O)NC2CC2)o1. The molecule has 1 aromatic heterocycles. The van der Waals surface area contributed by atoms with Gasteiger partial charge in [0.25, 0.3) is 15.9 Å². The third-order valence-electron chi connectivity index (χ3n) is 3.15. The van der Waals surface area contributed by atoms with Gasteiger partial charge in [-0.2, -0.15) is 0 Å². The average Bonchev–Trinajstić information content (AvgIpc) is 3.12. The average molecular weight is 342 g/mol. The molecule has 0 unspecified atom stereocenters. The number of hydrogen-bond acceptors (Lipinski definition) is 4. The quantitative estimate of drug-likeness (QED) is 0.872. The summed E-state index contributed by atoms with van der Waals surface area (Å²) < 4.78 is 57.6. The fourth-order valence-electron chi connectivity index (χ4n) is 1.84. The summed E-state index contributed by atoms with van der Waals surface area (Å²) in [5.74, 6) is -2.88. The molecule has 9 heteroatoms. The molecule has 0 aliphatic heterocycles. The summed E-state index contributed by atoms with van der Waals surface area (Å²) in [6, 6.07) is 4.86. The Morgan fingerprint density at radius 3 is 2.57 bits per heavy atom. The number of rotatable bonds is 5. The number of nitrogens with one attached hydrogen (secondary N) is 2. The number of amides is 1. The van der Waals surface area contributed by atoms with Crippen molar-refractivity contribution in [3.8, 4) is 0 Å². The third kappa shape index (κ3) is 3.57. The number of sulfonamides is 1. The van der Waals surface area contributed by atoms with E-state index in [1.165, 1.54) is 0 Å². The van der Waals surface area contributed by atoms with E-state index >= 15 is 0 Å². The smallest absolute Gasteiger partial charge is 0.291 e. The van der Waals surface area contributed by atoms with Gasteiger partial charge in [-0.05, 0) is 37.1 Å². The van der Waals surface area contributed by atoms with E-state index in [0.717, 1.165) is 37.1 Å². The monoisotopic (exact) mass is 342 g/mol. The number of benzene rings is 1. The van der Waals surface area contributed by atoms with Crippen molar-refractivity contribution in [1.29, 1.82) is 0 Å². The largest absolute Gasteiger partial charge is 0.438 e. The van der Waals surface area contributed by atoms with Crippen molar-refractivity contribution < 1.29 is 26.4 Å². The number of halogens is 2. The maximum atomic E-state index is 13.5. The Labute approximate surface area is 130 Å². The molecule has 1 aliphatic rings. The Bertz CT molecular complexity index is 859. The van der Waals surface area contributed by atoms with Crippen LogP contribution < -0.4 is 10.0 Å². The van der Waals surface area contributed by atoms with Crippen LogP contribution in [-0.2, 0) is 10.0 Å². The van der Waals surface area contributed by atoms with E-state index in [9.17, 15) is 22.0 Å². The van der Waals surface area contributed by atoms with Gasteiger partial charge in [-0.25, -0.2) is 21.9 Å². The normalized spacial score (nSPS) is 14.7. The van der Waals surface area contributed by atoms with Crippen molar-refractivity contribution in [1.82, 2.24) is 4.72 Å². The molecule has 1 heterocycles. The summed E-state index contributed by atoms with van der Waals surface area (Å²) in [5, 5.41) is 1.79. The fourth-order valence-corrected chi connectivity index (χ4v) is 3.08. The summed E-state index contributed by atoms with van der Waals surface area (Å²) in [7, 11) is -3.82. The molecule has 0 atom stereocenters. The third-order valence-corrected chi connectivity index (χ3v) is 4.54. The van der Waals surface area contributed by atoms with Gasteiger partial charge in [-0.1, -0.05) is 0 Å². The predicted molar refractivity (Wildman–Crippen MR) is 76.4 cm³/mol. The second-order valence-corrected chi connectivity index (χ2v) is 6.74. The van der Waals surface area contributed by atoms with Crippen LogP contribution in [0.4, 0.5) is 14.5 Å². The van der Waals surface area contributed by atoms with Gasteiger partial charge < -0.3 is 9.73 Å². The minimum Gasteiger partial charge on any atom is -0.438 e. The van der Waals surface area contributed by atoms with E-state index in [-0.39, 0.29) is 17.5 Å². The van der Waals surface area contributed by atoms with Gasteiger partial charge in [0, 0.05) is 12.1 Å². The lowest BCUT2D eigenvalue weighted by molar-refractivity contribution is 0.0991. The summed E-state index contributed by atoms with van der Waals surface area (Å²) >= 11 is 0. The van der Waals surface area contributed by atoms with E-state index in [2.05, 4.69) is 10.0 Å². The van der Waals surface area contributed by atoms with Crippen molar-refractivity contribution in [2.75, 3.05) is 5.32 Å². The van der Waals surface area contributed by atoms with Gasteiger partial charge in [-0.3, -0.25) is 4.79 Å². The highest BCUT2D eigenvalue weighted by Gasteiger charge is 2.30. The fraction of sp³-hybridized carbons (Fsp3) is 0.214. The molecule has 122 valence electrons. The highest BCUT2D eigenvalue weighted by atomic mass is 32.2. The molecule has 2 N–H and O–H groups in total. The molecule has 0 radical (unpaired) electrons. The minimum absolute atomic E-state index is 0.101. The number of carbonyl (C=O) groups excluding carboxylic acids is 1. The molecule has 1 fully saturated rings. The van der Waals surface area contributed by atoms with Crippen molar-refractivity contribution in [3.63, 3.8) is 0 Å². The van der Waals surface area contributed by atoms with Crippen LogP contribution in [0, 0.1) is 11.6 Å². The molecule has 0 saturated heterocycles. The Balaban J connectivity index is 1.75. The summed E-state index contributed by atoms with van der Waals surface area (Å²) in [4.78, 5) is 11.9. The van der Waals surface area contributed by atoms with Crippen LogP contribution in [0.3, 0.4) is 0 Å². The highest BCUT2D eigenvalue weighted by Crippen LogP contribution is 2.23. The predicted octanol–water partition coefficient (Wildman–Crippen LogP) is 2.25. The van der Waals surface area contributed by atoms with Gasteiger partial charge in [0.05, 0.1) is 5.69 Å². The maximum Gasteiger partial charge on any atom is 0.291 e. The van der Waals surface area contributed by atoms with E-state index in [1.807, 2.05) is 0 Å². The van der Waals surface area contributed by atoms with Crippen molar-refractivity contribution in [3.05, 3.63) is 47.7 Å². The van der Waals surface area contributed by atoms with Crippen LogP contribution in [0.15, 0.2) is 39.8 Å². The van der Waals surface area contributed by atoms with E-state index in [0.29, 0.717) is 6.07 Å². The molecule has 23 heavy (non-hydrogen) atoms.